The Morgan fingerprint density at radius 3 is 3.10 bits per heavy atom. The number of hydrogen-bond acceptors (Lipinski definition) is 2. The summed E-state index contributed by atoms with van der Waals surface area (Å²) in [5.74, 6) is -0.0370. The zero-order chi connectivity index (χ0) is 7.40. The normalized spacial score (nSPS) is 9.30. The quantitative estimate of drug-likeness (QED) is 0.683. The van der Waals surface area contributed by atoms with Gasteiger partial charge in [0.05, 0.1) is 4.88 Å². The molecule has 1 N–H and O–H groups in total. The van der Waals surface area contributed by atoms with Crippen LogP contribution in [0.3, 0.4) is 0 Å². The predicted octanol–water partition coefficient (Wildman–Crippen LogP) is 1.31. The van der Waals surface area contributed by atoms with Crippen LogP contribution in [0.25, 0.3) is 0 Å². The van der Waals surface area contributed by atoms with Gasteiger partial charge in [-0.3, -0.25) is 4.79 Å². The van der Waals surface area contributed by atoms with E-state index in [-0.39, 0.29) is 5.91 Å². The number of rotatable bonds is 2. The largest absolute Gasteiger partial charge is 0.351 e. The van der Waals surface area contributed by atoms with Crippen LogP contribution >= 0.6 is 11.3 Å². The first-order valence-electron chi connectivity index (χ1n) is 2.95. The summed E-state index contributed by atoms with van der Waals surface area (Å²) >= 11 is 1.43. The standard InChI is InChI=1S/C7H8NOS/c1-2-8-7(9)6-4-3-5-10-6/h3-5H,1-2H2,(H,8,9). The van der Waals surface area contributed by atoms with Crippen molar-refractivity contribution >= 4 is 17.2 Å². The molecule has 0 saturated heterocycles. The van der Waals surface area contributed by atoms with E-state index in [4.69, 9.17) is 0 Å². The lowest BCUT2D eigenvalue weighted by molar-refractivity contribution is 0.0962. The highest BCUT2D eigenvalue weighted by Crippen LogP contribution is 2.06. The first-order chi connectivity index (χ1) is 4.84. The zero-order valence-electron chi connectivity index (χ0n) is 5.46. The van der Waals surface area contributed by atoms with Crippen molar-refractivity contribution in [2.75, 3.05) is 6.54 Å². The fourth-order valence-electron chi connectivity index (χ4n) is 0.608. The lowest BCUT2D eigenvalue weighted by atomic mass is 10.4. The Morgan fingerprint density at radius 2 is 2.60 bits per heavy atom. The molecule has 1 amide bonds. The average Bonchev–Trinajstić information content (AvgIpc) is 2.38. The second kappa shape index (κ2) is 3.37. The average molecular weight is 154 g/mol. The van der Waals surface area contributed by atoms with Gasteiger partial charge in [0.1, 0.15) is 0 Å². The Kier molecular flexibility index (Phi) is 2.45. The molecule has 0 aliphatic carbocycles. The van der Waals surface area contributed by atoms with E-state index in [1.54, 1.807) is 6.07 Å². The van der Waals surface area contributed by atoms with Gasteiger partial charge in [-0.05, 0) is 18.4 Å². The van der Waals surface area contributed by atoms with E-state index in [0.29, 0.717) is 6.54 Å². The van der Waals surface area contributed by atoms with Crippen LogP contribution in [0.15, 0.2) is 17.5 Å². The minimum absolute atomic E-state index is 0.0370. The molecule has 0 aliphatic rings. The number of hydrogen-bond donors (Lipinski definition) is 1. The second-order valence-electron chi connectivity index (χ2n) is 1.73. The molecule has 1 rings (SSSR count). The fraction of sp³-hybridized carbons (Fsp3) is 0.143. The number of carbonyl (C=O) groups excluding carboxylic acids is 1. The third-order valence-electron chi connectivity index (χ3n) is 1.03. The molecule has 10 heavy (non-hydrogen) atoms. The predicted molar refractivity (Wildman–Crippen MR) is 42.0 cm³/mol. The molecule has 0 spiro atoms. The Labute approximate surface area is 63.9 Å². The first kappa shape index (κ1) is 7.28. The summed E-state index contributed by atoms with van der Waals surface area (Å²) in [4.78, 5) is 11.7. The van der Waals surface area contributed by atoms with Gasteiger partial charge in [-0.2, -0.15) is 0 Å². The van der Waals surface area contributed by atoms with Crippen LogP contribution in [0, 0.1) is 6.92 Å². The second-order valence-corrected chi connectivity index (χ2v) is 2.68. The van der Waals surface area contributed by atoms with Crippen LogP contribution in [-0.4, -0.2) is 12.5 Å². The van der Waals surface area contributed by atoms with Gasteiger partial charge in [0, 0.05) is 6.54 Å². The Hall–Kier alpha value is -0.830. The Balaban J connectivity index is 2.59. The van der Waals surface area contributed by atoms with Crippen molar-refractivity contribution in [2.45, 2.75) is 0 Å². The molecule has 2 nitrogen and oxygen atoms in total. The minimum atomic E-state index is -0.0370. The lowest BCUT2D eigenvalue weighted by Gasteiger charge is -1.95. The van der Waals surface area contributed by atoms with Crippen molar-refractivity contribution in [3.63, 3.8) is 0 Å². The van der Waals surface area contributed by atoms with E-state index in [9.17, 15) is 4.79 Å². The molecule has 0 atom stereocenters. The maximum absolute atomic E-state index is 11.0. The molecule has 0 saturated carbocycles. The van der Waals surface area contributed by atoms with Gasteiger partial charge in [0.2, 0.25) is 0 Å². The van der Waals surface area contributed by atoms with Crippen molar-refractivity contribution in [3.8, 4) is 0 Å². The summed E-state index contributed by atoms with van der Waals surface area (Å²) in [5, 5.41) is 4.48. The van der Waals surface area contributed by atoms with Crippen LogP contribution in [0.5, 0.6) is 0 Å². The van der Waals surface area contributed by atoms with Gasteiger partial charge in [-0.1, -0.05) is 6.07 Å². The molecular weight excluding hydrogens is 146 g/mol. The molecule has 3 heteroatoms. The van der Waals surface area contributed by atoms with Crippen molar-refractivity contribution in [1.82, 2.24) is 5.32 Å². The van der Waals surface area contributed by atoms with Gasteiger partial charge in [0.25, 0.3) is 5.91 Å². The summed E-state index contributed by atoms with van der Waals surface area (Å²) in [6.07, 6.45) is 0. The molecular formula is C7H8NOS. The van der Waals surface area contributed by atoms with E-state index in [2.05, 4.69) is 12.2 Å². The van der Waals surface area contributed by atoms with Gasteiger partial charge >= 0.3 is 0 Å². The maximum Gasteiger partial charge on any atom is 0.261 e. The van der Waals surface area contributed by atoms with E-state index >= 15 is 0 Å². The first-order valence-corrected chi connectivity index (χ1v) is 3.83. The number of nitrogens with one attached hydrogen (secondary N) is 1. The van der Waals surface area contributed by atoms with Gasteiger partial charge in [-0.25, -0.2) is 0 Å². The highest BCUT2D eigenvalue weighted by atomic mass is 32.1. The molecule has 0 aliphatic heterocycles. The van der Waals surface area contributed by atoms with E-state index in [0.717, 1.165) is 4.88 Å². The van der Waals surface area contributed by atoms with Crippen LogP contribution < -0.4 is 5.32 Å². The summed E-state index contributed by atoms with van der Waals surface area (Å²) in [5.41, 5.74) is 0. The van der Waals surface area contributed by atoms with Crippen molar-refractivity contribution < 1.29 is 4.79 Å². The Bertz CT molecular complexity index is 205. The van der Waals surface area contributed by atoms with E-state index in [1.165, 1.54) is 11.3 Å². The molecule has 0 fully saturated rings. The minimum Gasteiger partial charge on any atom is -0.351 e. The summed E-state index contributed by atoms with van der Waals surface area (Å²) < 4.78 is 0. The van der Waals surface area contributed by atoms with Crippen molar-refractivity contribution in [3.05, 3.63) is 29.3 Å². The van der Waals surface area contributed by atoms with E-state index < -0.39 is 0 Å². The molecule has 0 bridgehead atoms. The van der Waals surface area contributed by atoms with Crippen molar-refractivity contribution in [2.24, 2.45) is 0 Å². The van der Waals surface area contributed by atoms with Crippen LogP contribution in [0.4, 0.5) is 0 Å². The molecule has 0 unspecified atom stereocenters. The van der Waals surface area contributed by atoms with Crippen molar-refractivity contribution in [1.29, 1.82) is 0 Å². The molecule has 53 valence electrons. The number of amides is 1. The lowest BCUT2D eigenvalue weighted by Crippen LogP contribution is -2.21. The van der Waals surface area contributed by atoms with Gasteiger partial charge in [-0.15, -0.1) is 11.3 Å². The van der Waals surface area contributed by atoms with Crippen LogP contribution in [0.2, 0.25) is 0 Å². The molecule has 1 aromatic heterocycles. The molecule has 1 radical (unpaired) electrons. The SMILES string of the molecule is [CH2]CNC(=O)c1cccs1. The highest BCUT2D eigenvalue weighted by molar-refractivity contribution is 7.12. The van der Waals surface area contributed by atoms with Gasteiger partial charge < -0.3 is 5.32 Å². The van der Waals surface area contributed by atoms with Crippen LogP contribution in [0.1, 0.15) is 9.67 Å². The van der Waals surface area contributed by atoms with Crippen LogP contribution in [-0.2, 0) is 0 Å². The third kappa shape index (κ3) is 1.57. The fourth-order valence-corrected chi connectivity index (χ4v) is 1.25. The maximum atomic E-state index is 11.0. The molecule has 1 aromatic rings. The highest BCUT2D eigenvalue weighted by Gasteiger charge is 2.02. The molecule has 0 aromatic carbocycles. The Morgan fingerprint density at radius 1 is 1.80 bits per heavy atom. The summed E-state index contributed by atoms with van der Waals surface area (Å²) in [7, 11) is 0. The van der Waals surface area contributed by atoms with Gasteiger partial charge in [0.15, 0.2) is 0 Å². The molecule has 1 heterocycles. The summed E-state index contributed by atoms with van der Waals surface area (Å²) in [6.45, 7) is 3.95. The number of carbonyl (C=O) groups is 1. The topological polar surface area (TPSA) is 29.1 Å². The summed E-state index contributed by atoms with van der Waals surface area (Å²) in [6, 6.07) is 3.64. The third-order valence-corrected chi connectivity index (χ3v) is 1.90. The monoisotopic (exact) mass is 154 g/mol. The van der Waals surface area contributed by atoms with E-state index in [1.807, 2.05) is 11.4 Å². The number of thiophene rings is 1. The smallest absolute Gasteiger partial charge is 0.261 e. The zero-order valence-corrected chi connectivity index (χ0v) is 6.28.